The Balaban J connectivity index is 2.06. The third kappa shape index (κ3) is 4.15. The van der Waals surface area contributed by atoms with Crippen molar-refractivity contribution in [2.75, 3.05) is 26.2 Å². The first-order valence-corrected chi connectivity index (χ1v) is 7.93. The molecule has 1 heterocycles. The monoisotopic (exact) mass is 341 g/mol. The average molecular weight is 341 g/mol. The summed E-state index contributed by atoms with van der Waals surface area (Å²) in [6.07, 6.45) is -4.53. The van der Waals surface area contributed by atoms with Gasteiger partial charge in [-0.25, -0.2) is 9.53 Å². The maximum Gasteiger partial charge on any atom is 0.416 e. The molecule has 0 aromatic heterocycles. The van der Waals surface area contributed by atoms with Gasteiger partial charge in [0.1, 0.15) is 5.82 Å². The van der Waals surface area contributed by atoms with Gasteiger partial charge in [-0.15, -0.1) is 0 Å². The van der Waals surface area contributed by atoms with Crippen LogP contribution in [0, 0.1) is 5.82 Å². The molecule has 1 aromatic carbocycles. The molecular formula is C12H15F4N3O2S. The van der Waals surface area contributed by atoms with Gasteiger partial charge in [-0.3, -0.25) is 4.90 Å². The highest BCUT2D eigenvalue weighted by atomic mass is 32.2. The molecule has 0 amide bonds. The SMILES string of the molecule is NS(=O)(=O)N1CCN(Cc2cc(C(F)(F)F)ccc2F)CC1. The number of hydrogen-bond acceptors (Lipinski definition) is 3. The van der Waals surface area contributed by atoms with Crippen LogP contribution >= 0.6 is 0 Å². The van der Waals surface area contributed by atoms with Crippen LogP contribution in [0.5, 0.6) is 0 Å². The molecule has 10 heteroatoms. The highest BCUT2D eigenvalue weighted by Gasteiger charge is 2.31. The van der Waals surface area contributed by atoms with Crippen LogP contribution in [-0.4, -0.2) is 43.8 Å². The van der Waals surface area contributed by atoms with Crippen molar-refractivity contribution in [1.29, 1.82) is 0 Å². The summed E-state index contributed by atoms with van der Waals surface area (Å²) in [6, 6.07) is 2.26. The number of nitrogens with zero attached hydrogens (tertiary/aromatic N) is 2. The molecule has 0 aliphatic carbocycles. The van der Waals surface area contributed by atoms with E-state index in [1.54, 1.807) is 4.90 Å². The van der Waals surface area contributed by atoms with Crippen molar-refractivity contribution in [1.82, 2.24) is 9.21 Å². The molecule has 0 spiro atoms. The smallest absolute Gasteiger partial charge is 0.296 e. The van der Waals surface area contributed by atoms with Crippen molar-refractivity contribution >= 4 is 10.2 Å². The minimum Gasteiger partial charge on any atom is -0.296 e. The Morgan fingerprint density at radius 3 is 2.23 bits per heavy atom. The summed E-state index contributed by atoms with van der Waals surface area (Å²) in [7, 11) is -3.77. The average Bonchev–Trinajstić information content (AvgIpc) is 2.39. The van der Waals surface area contributed by atoms with Crippen LogP contribution in [0.4, 0.5) is 17.6 Å². The minimum absolute atomic E-state index is 0.0196. The predicted molar refractivity (Wildman–Crippen MR) is 71.4 cm³/mol. The molecule has 0 atom stereocenters. The van der Waals surface area contributed by atoms with Crippen molar-refractivity contribution in [3.63, 3.8) is 0 Å². The van der Waals surface area contributed by atoms with E-state index in [1.165, 1.54) is 0 Å². The standard InChI is InChI=1S/C12H15F4N3O2S/c13-11-2-1-10(12(14,15)16)7-9(11)8-18-3-5-19(6-4-18)22(17,20)21/h1-2,7H,3-6,8H2,(H2,17,20,21). The van der Waals surface area contributed by atoms with Gasteiger partial charge in [0.15, 0.2) is 0 Å². The van der Waals surface area contributed by atoms with E-state index >= 15 is 0 Å². The fourth-order valence-corrected chi connectivity index (χ4v) is 2.93. The Bertz CT molecular complexity index is 640. The number of rotatable bonds is 3. The molecule has 0 bridgehead atoms. The van der Waals surface area contributed by atoms with Crippen LogP contribution in [0.25, 0.3) is 0 Å². The van der Waals surface area contributed by atoms with Crippen LogP contribution in [0.2, 0.25) is 0 Å². The van der Waals surface area contributed by atoms with Gasteiger partial charge in [-0.1, -0.05) is 0 Å². The number of benzene rings is 1. The van der Waals surface area contributed by atoms with Crippen molar-refractivity contribution < 1.29 is 26.0 Å². The number of piperazine rings is 1. The summed E-state index contributed by atoms with van der Waals surface area (Å²) in [5.74, 6) is -0.720. The van der Waals surface area contributed by atoms with Crippen molar-refractivity contribution in [3.05, 3.63) is 35.1 Å². The summed E-state index contributed by atoms with van der Waals surface area (Å²) in [5, 5.41) is 4.99. The van der Waals surface area contributed by atoms with Crippen LogP contribution < -0.4 is 5.14 Å². The lowest BCUT2D eigenvalue weighted by molar-refractivity contribution is -0.137. The van der Waals surface area contributed by atoms with Gasteiger partial charge in [0.05, 0.1) is 5.56 Å². The van der Waals surface area contributed by atoms with Gasteiger partial charge >= 0.3 is 6.18 Å². The molecule has 5 nitrogen and oxygen atoms in total. The van der Waals surface area contributed by atoms with E-state index in [1.807, 2.05) is 0 Å². The Labute approximate surface area is 125 Å². The Kier molecular flexibility index (Phi) is 4.76. The molecule has 2 rings (SSSR count). The molecule has 1 aromatic rings. The molecule has 1 fully saturated rings. The third-order valence-electron chi connectivity index (χ3n) is 3.46. The summed E-state index contributed by atoms with van der Waals surface area (Å²) in [4.78, 5) is 1.68. The molecule has 1 aliphatic heterocycles. The first-order chi connectivity index (χ1) is 10.1. The van der Waals surface area contributed by atoms with E-state index < -0.39 is 27.8 Å². The summed E-state index contributed by atoms with van der Waals surface area (Å²) in [6.45, 7) is 0.769. The maximum atomic E-state index is 13.7. The number of hydrogen-bond donors (Lipinski definition) is 1. The van der Waals surface area contributed by atoms with Crippen LogP contribution in [-0.2, 0) is 22.9 Å². The van der Waals surface area contributed by atoms with Crippen molar-refractivity contribution in [2.45, 2.75) is 12.7 Å². The second kappa shape index (κ2) is 6.11. The van der Waals surface area contributed by atoms with Gasteiger partial charge in [-0.05, 0) is 18.2 Å². The van der Waals surface area contributed by atoms with E-state index in [0.29, 0.717) is 6.07 Å². The van der Waals surface area contributed by atoms with E-state index in [9.17, 15) is 26.0 Å². The molecule has 22 heavy (non-hydrogen) atoms. The van der Waals surface area contributed by atoms with E-state index in [4.69, 9.17) is 5.14 Å². The van der Waals surface area contributed by atoms with Crippen molar-refractivity contribution in [3.8, 4) is 0 Å². The van der Waals surface area contributed by atoms with Crippen LogP contribution in [0.15, 0.2) is 18.2 Å². The maximum absolute atomic E-state index is 13.7. The summed E-state index contributed by atoms with van der Waals surface area (Å²) < 4.78 is 75.0. The molecule has 0 radical (unpaired) electrons. The zero-order valence-corrected chi connectivity index (χ0v) is 12.3. The van der Waals surface area contributed by atoms with Gasteiger partial charge in [-0.2, -0.15) is 25.9 Å². The minimum atomic E-state index is -4.53. The molecule has 0 unspecified atom stereocenters. The largest absolute Gasteiger partial charge is 0.416 e. The van der Waals surface area contributed by atoms with E-state index in [2.05, 4.69) is 0 Å². The van der Waals surface area contributed by atoms with Gasteiger partial charge in [0.2, 0.25) is 0 Å². The van der Waals surface area contributed by atoms with Gasteiger partial charge < -0.3 is 0 Å². The molecule has 0 saturated carbocycles. The van der Waals surface area contributed by atoms with Gasteiger partial charge in [0, 0.05) is 38.3 Å². The first-order valence-electron chi connectivity index (χ1n) is 6.43. The second-order valence-electron chi connectivity index (χ2n) is 5.02. The molecule has 2 N–H and O–H groups in total. The van der Waals surface area contributed by atoms with E-state index in [-0.39, 0.29) is 38.3 Å². The topological polar surface area (TPSA) is 66.6 Å². The summed E-state index contributed by atoms with van der Waals surface area (Å²) >= 11 is 0. The molecule has 1 aliphatic rings. The molecule has 1 saturated heterocycles. The fraction of sp³-hybridized carbons (Fsp3) is 0.500. The lowest BCUT2D eigenvalue weighted by atomic mass is 10.1. The lowest BCUT2D eigenvalue weighted by Crippen LogP contribution is -2.50. The van der Waals surface area contributed by atoms with E-state index in [0.717, 1.165) is 16.4 Å². The third-order valence-corrected chi connectivity index (χ3v) is 4.54. The molecule has 124 valence electrons. The Hall–Kier alpha value is -1.23. The fourth-order valence-electron chi connectivity index (χ4n) is 2.26. The highest BCUT2D eigenvalue weighted by Crippen LogP contribution is 2.30. The number of halogens is 4. The Morgan fingerprint density at radius 2 is 1.73 bits per heavy atom. The van der Waals surface area contributed by atoms with Crippen molar-refractivity contribution in [2.24, 2.45) is 5.14 Å². The van der Waals surface area contributed by atoms with Crippen LogP contribution in [0.3, 0.4) is 0 Å². The highest BCUT2D eigenvalue weighted by molar-refractivity contribution is 7.86. The zero-order valence-electron chi connectivity index (χ0n) is 11.5. The Morgan fingerprint density at radius 1 is 1.14 bits per heavy atom. The second-order valence-corrected chi connectivity index (χ2v) is 6.57. The predicted octanol–water partition coefficient (Wildman–Crippen LogP) is 1.17. The quantitative estimate of drug-likeness (QED) is 0.839. The normalized spacial score (nSPS) is 18.6. The zero-order chi connectivity index (χ0) is 16.5. The molecular weight excluding hydrogens is 326 g/mol. The number of alkyl halides is 3. The van der Waals surface area contributed by atoms with Crippen LogP contribution in [0.1, 0.15) is 11.1 Å². The number of nitrogens with two attached hydrogens (primary N) is 1. The van der Waals surface area contributed by atoms with Gasteiger partial charge in [0.25, 0.3) is 10.2 Å². The first kappa shape index (κ1) is 17.1. The summed E-state index contributed by atoms with van der Waals surface area (Å²) in [5.41, 5.74) is -0.981. The lowest BCUT2D eigenvalue weighted by Gasteiger charge is -2.33.